The topological polar surface area (TPSA) is 81.4 Å². The van der Waals surface area contributed by atoms with Crippen LogP contribution in [0.5, 0.6) is 0 Å². The van der Waals surface area contributed by atoms with Crippen LogP contribution in [0.1, 0.15) is 56.3 Å². The Hall–Kier alpha value is -3.29. The lowest BCUT2D eigenvalue weighted by Gasteiger charge is -2.08. The summed E-state index contributed by atoms with van der Waals surface area (Å²) < 4.78 is 15.1. The monoisotopic (exact) mass is 456 g/mol. The fraction of sp³-hybridized carbons (Fsp3) is 0.333. The van der Waals surface area contributed by atoms with Crippen molar-refractivity contribution in [2.45, 2.75) is 50.7 Å². The molecule has 34 heavy (non-hydrogen) atoms. The van der Waals surface area contributed by atoms with E-state index in [1.165, 1.54) is 6.42 Å². The second-order valence-corrected chi connectivity index (χ2v) is 9.46. The van der Waals surface area contributed by atoms with Gasteiger partial charge in [-0.05, 0) is 62.4 Å². The number of nitrogens with one attached hydrogen (secondary N) is 4. The SMILES string of the molecule is C[C@H]1CC[C@@H](c2nc(-c3ccc(-c4ccc(-c5c[nH]c([C@@H]6CCCN6)n5)cc4)cc3F)c[nH]2)N1. The first-order valence-electron chi connectivity index (χ1n) is 12.1. The minimum atomic E-state index is -0.270. The van der Waals surface area contributed by atoms with Crippen LogP contribution in [0.3, 0.4) is 0 Å². The van der Waals surface area contributed by atoms with Gasteiger partial charge in [0.25, 0.3) is 0 Å². The smallest absolute Gasteiger partial charge is 0.133 e. The van der Waals surface area contributed by atoms with Crippen LogP contribution in [0.2, 0.25) is 0 Å². The van der Waals surface area contributed by atoms with E-state index in [0.717, 1.165) is 59.8 Å². The third-order valence-electron chi connectivity index (χ3n) is 7.05. The zero-order chi connectivity index (χ0) is 23.1. The molecule has 2 aliphatic heterocycles. The van der Waals surface area contributed by atoms with Gasteiger partial charge in [-0.3, -0.25) is 0 Å². The number of benzene rings is 2. The van der Waals surface area contributed by atoms with Gasteiger partial charge in [-0.25, -0.2) is 14.4 Å². The molecular formula is C27H29FN6. The second-order valence-electron chi connectivity index (χ2n) is 9.46. The largest absolute Gasteiger partial charge is 0.347 e. The maximum absolute atomic E-state index is 15.1. The van der Waals surface area contributed by atoms with Crippen molar-refractivity contribution >= 4 is 0 Å². The number of nitrogens with zero attached hydrogens (tertiary/aromatic N) is 2. The molecule has 2 fully saturated rings. The second kappa shape index (κ2) is 8.81. The molecule has 2 aliphatic rings. The van der Waals surface area contributed by atoms with Crippen molar-refractivity contribution in [3.8, 4) is 33.6 Å². The molecule has 2 saturated heterocycles. The van der Waals surface area contributed by atoms with Crippen LogP contribution >= 0.6 is 0 Å². The first-order chi connectivity index (χ1) is 16.6. The van der Waals surface area contributed by atoms with Crippen LogP contribution in [0.15, 0.2) is 54.9 Å². The van der Waals surface area contributed by atoms with Gasteiger partial charge in [0, 0.05) is 29.6 Å². The van der Waals surface area contributed by atoms with Crippen molar-refractivity contribution in [3.05, 3.63) is 72.3 Å². The molecule has 0 aliphatic carbocycles. The van der Waals surface area contributed by atoms with Crippen LogP contribution in [0.4, 0.5) is 4.39 Å². The Morgan fingerprint density at radius 2 is 1.50 bits per heavy atom. The van der Waals surface area contributed by atoms with Crippen LogP contribution in [-0.4, -0.2) is 32.5 Å². The van der Waals surface area contributed by atoms with Crippen molar-refractivity contribution in [1.29, 1.82) is 0 Å². The molecule has 6 rings (SSSR count). The number of halogens is 1. The molecule has 0 radical (unpaired) electrons. The Morgan fingerprint density at radius 1 is 0.794 bits per heavy atom. The highest BCUT2D eigenvalue weighted by Crippen LogP contribution is 2.31. The predicted molar refractivity (Wildman–Crippen MR) is 132 cm³/mol. The van der Waals surface area contributed by atoms with E-state index in [1.807, 2.05) is 42.6 Å². The lowest BCUT2D eigenvalue weighted by atomic mass is 10.0. The van der Waals surface area contributed by atoms with Crippen LogP contribution < -0.4 is 10.6 Å². The number of hydrogen-bond donors (Lipinski definition) is 4. The van der Waals surface area contributed by atoms with Gasteiger partial charge in [0.2, 0.25) is 0 Å². The van der Waals surface area contributed by atoms with E-state index in [1.54, 1.807) is 12.3 Å². The summed E-state index contributed by atoms with van der Waals surface area (Å²) in [5.41, 5.74) is 4.93. The maximum atomic E-state index is 15.1. The summed E-state index contributed by atoms with van der Waals surface area (Å²) in [6, 6.07) is 14.5. The third-order valence-corrected chi connectivity index (χ3v) is 7.05. The molecule has 4 heterocycles. The van der Waals surface area contributed by atoms with Gasteiger partial charge in [-0.1, -0.05) is 30.3 Å². The summed E-state index contributed by atoms with van der Waals surface area (Å²) in [5.74, 6) is 1.60. The third kappa shape index (κ3) is 4.06. The minimum absolute atomic E-state index is 0.213. The van der Waals surface area contributed by atoms with Gasteiger partial charge < -0.3 is 20.6 Å². The standard InChI is InChI=1S/C27H29FN6/c1-16-4-11-23(32-16)27-31-15-25(34-27)20-10-9-19(13-21(20)28)17-5-7-18(8-6-17)24-14-30-26(33-24)22-3-2-12-29-22/h5-10,13-16,22-23,29,32H,2-4,11-12H2,1H3,(H,30,33)(H,31,34)/t16-,22-,23-/m0/s1. The molecule has 3 atom stereocenters. The molecule has 4 aromatic rings. The summed E-state index contributed by atoms with van der Waals surface area (Å²) in [6.45, 7) is 3.22. The number of hydrogen-bond acceptors (Lipinski definition) is 4. The van der Waals surface area contributed by atoms with E-state index in [-0.39, 0.29) is 11.9 Å². The van der Waals surface area contributed by atoms with E-state index < -0.39 is 0 Å². The quantitative estimate of drug-likeness (QED) is 0.319. The molecule has 0 bridgehead atoms. The lowest BCUT2D eigenvalue weighted by molar-refractivity contribution is 0.564. The highest BCUT2D eigenvalue weighted by molar-refractivity contribution is 5.72. The van der Waals surface area contributed by atoms with Gasteiger partial charge in [0.1, 0.15) is 17.5 Å². The lowest BCUT2D eigenvalue weighted by Crippen LogP contribution is -2.21. The molecule has 0 saturated carbocycles. The van der Waals surface area contributed by atoms with E-state index in [9.17, 15) is 0 Å². The van der Waals surface area contributed by atoms with Crippen molar-refractivity contribution in [2.75, 3.05) is 6.54 Å². The van der Waals surface area contributed by atoms with Crippen LogP contribution in [-0.2, 0) is 0 Å². The first kappa shape index (κ1) is 21.3. The van der Waals surface area contributed by atoms with E-state index in [4.69, 9.17) is 4.98 Å². The van der Waals surface area contributed by atoms with Crippen LogP contribution in [0.25, 0.3) is 33.6 Å². The van der Waals surface area contributed by atoms with Gasteiger partial charge in [-0.2, -0.15) is 0 Å². The first-order valence-corrected chi connectivity index (χ1v) is 12.1. The molecule has 2 aromatic heterocycles. The van der Waals surface area contributed by atoms with E-state index in [2.05, 4.69) is 32.5 Å². The molecule has 0 unspecified atom stereocenters. The Balaban J connectivity index is 1.19. The van der Waals surface area contributed by atoms with Gasteiger partial charge in [0.05, 0.1) is 23.5 Å². The summed E-state index contributed by atoms with van der Waals surface area (Å²) in [6.07, 6.45) is 8.22. The minimum Gasteiger partial charge on any atom is -0.347 e. The molecule has 7 heteroatoms. The molecule has 0 spiro atoms. The highest BCUT2D eigenvalue weighted by atomic mass is 19.1. The number of aromatic nitrogens is 4. The van der Waals surface area contributed by atoms with E-state index >= 15 is 4.39 Å². The normalized spacial score (nSPS) is 22.5. The Morgan fingerprint density at radius 3 is 2.21 bits per heavy atom. The molecule has 4 N–H and O–H groups in total. The van der Waals surface area contributed by atoms with E-state index in [0.29, 0.717) is 23.3 Å². The summed E-state index contributed by atoms with van der Waals surface area (Å²) in [7, 11) is 0. The van der Waals surface area contributed by atoms with Crippen molar-refractivity contribution < 1.29 is 4.39 Å². The zero-order valence-corrected chi connectivity index (χ0v) is 19.2. The Labute approximate surface area is 198 Å². The van der Waals surface area contributed by atoms with Gasteiger partial charge in [0.15, 0.2) is 0 Å². The zero-order valence-electron chi connectivity index (χ0n) is 19.2. The molecule has 6 nitrogen and oxygen atoms in total. The Bertz CT molecular complexity index is 1280. The molecule has 0 amide bonds. The number of rotatable bonds is 5. The summed E-state index contributed by atoms with van der Waals surface area (Å²) >= 11 is 0. The number of H-pyrrole nitrogens is 2. The average molecular weight is 457 g/mol. The predicted octanol–water partition coefficient (Wildman–Crippen LogP) is 5.51. The van der Waals surface area contributed by atoms with Crippen molar-refractivity contribution in [3.63, 3.8) is 0 Å². The number of aromatic amines is 2. The fourth-order valence-corrected chi connectivity index (χ4v) is 5.11. The highest BCUT2D eigenvalue weighted by Gasteiger charge is 2.24. The number of imidazole rings is 2. The summed E-state index contributed by atoms with van der Waals surface area (Å²) in [4.78, 5) is 16.0. The molecule has 2 aromatic carbocycles. The van der Waals surface area contributed by atoms with Crippen molar-refractivity contribution in [2.24, 2.45) is 0 Å². The fourth-order valence-electron chi connectivity index (χ4n) is 5.11. The van der Waals surface area contributed by atoms with Gasteiger partial charge in [-0.15, -0.1) is 0 Å². The van der Waals surface area contributed by atoms with Crippen molar-refractivity contribution in [1.82, 2.24) is 30.6 Å². The molecule has 174 valence electrons. The van der Waals surface area contributed by atoms with Crippen LogP contribution in [0, 0.1) is 5.82 Å². The molecular weight excluding hydrogens is 427 g/mol. The summed E-state index contributed by atoms with van der Waals surface area (Å²) in [5, 5.41) is 6.98. The average Bonchev–Trinajstić information content (AvgIpc) is 3.66. The van der Waals surface area contributed by atoms with Gasteiger partial charge >= 0.3 is 0 Å². The Kier molecular flexibility index (Phi) is 5.51. The maximum Gasteiger partial charge on any atom is 0.133 e.